The van der Waals surface area contributed by atoms with Gasteiger partial charge in [-0.2, -0.15) is 0 Å². The van der Waals surface area contributed by atoms with Crippen LogP contribution in [-0.4, -0.2) is 48.4 Å². The quantitative estimate of drug-likeness (QED) is 0.793. The van der Waals surface area contributed by atoms with Crippen LogP contribution >= 0.6 is 0 Å². The highest BCUT2D eigenvalue weighted by atomic mass is 16.2. The minimum Gasteiger partial charge on any atom is -0.331 e. The summed E-state index contributed by atoms with van der Waals surface area (Å²) in [5.41, 5.74) is 1.13. The van der Waals surface area contributed by atoms with Crippen LogP contribution in [0.15, 0.2) is 30.3 Å². The summed E-state index contributed by atoms with van der Waals surface area (Å²) in [7, 11) is 0. The summed E-state index contributed by atoms with van der Waals surface area (Å²) >= 11 is 0. The van der Waals surface area contributed by atoms with E-state index in [1.54, 1.807) is 0 Å². The number of carbonyl (C=O) groups excluding carboxylic acids is 1. The predicted molar refractivity (Wildman–Crippen MR) is 83.8 cm³/mol. The highest BCUT2D eigenvalue weighted by Crippen LogP contribution is 2.27. The second kappa shape index (κ2) is 6.78. The van der Waals surface area contributed by atoms with E-state index < -0.39 is 0 Å². The largest absolute Gasteiger partial charge is 0.331 e. The number of benzene rings is 1. The number of carbonyl (C=O) groups is 1. The first-order chi connectivity index (χ1) is 10.3. The molecule has 1 amide bonds. The topological polar surface area (TPSA) is 23.6 Å². The maximum Gasteiger partial charge on any atom is 0.230 e. The lowest BCUT2D eigenvalue weighted by Crippen LogP contribution is -2.27. The van der Waals surface area contributed by atoms with Gasteiger partial charge in [0.05, 0.1) is 19.0 Å². The Morgan fingerprint density at radius 1 is 1.00 bits per heavy atom. The van der Waals surface area contributed by atoms with Gasteiger partial charge in [-0.05, 0) is 37.9 Å². The van der Waals surface area contributed by atoms with E-state index in [4.69, 9.17) is 0 Å². The van der Waals surface area contributed by atoms with E-state index in [1.807, 2.05) is 35.2 Å². The molecule has 0 saturated carbocycles. The monoisotopic (exact) mass is 282 g/mol. The fourth-order valence-corrected chi connectivity index (χ4v) is 3.15. The summed E-state index contributed by atoms with van der Waals surface area (Å²) < 4.78 is 0. The van der Waals surface area contributed by atoms with Crippen molar-refractivity contribution in [3.63, 3.8) is 0 Å². The zero-order chi connectivity index (χ0) is 14.5. The van der Waals surface area contributed by atoms with E-state index in [2.05, 4.69) is 16.7 Å². The third-order valence-corrected chi connectivity index (χ3v) is 4.40. The molecular formula is C18H22N2O. The van der Waals surface area contributed by atoms with Gasteiger partial charge in [-0.1, -0.05) is 42.2 Å². The third-order valence-electron chi connectivity index (χ3n) is 4.40. The molecule has 1 atom stereocenters. The zero-order valence-corrected chi connectivity index (χ0v) is 12.4. The Balaban J connectivity index is 1.51. The van der Waals surface area contributed by atoms with Gasteiger partial charge >= 0.3 is 0 Å². The smallest absolute Gasteiger partial charge is 0.230 e. The minimum absolute atomic E-state index is 0.0339. The molecule has 1 aromatic rings. The molecule has 2 aliphatic heterocycles. The summed E-state index contributed by atoms with van der Waals surface area (Å²) in [6.45, 7) is 4.61. The van der Waals surface area contributed by atoms with Crippen molar-refractivity contribution in [2.24, 2.45) is 0 Å². The summed E-state index contributed by atoms with van der Waals surface area (Å²) in [5, 5.41) is 0. The van der Waals surface area contributed by atoms with E-state index in [9.17, 15) is 4.79 Å². The lowest BCUT2D eigenvalue weighted by molar-refractivity contribution is -0.128. The number of nitrogens with zero attached hydrogens (tertiary/aromatic N) is 2. The Bertz CT molecular complexity index is 537. The molecule has 2 saturated heterocycles. The molecular weight excluding hydrogens is 260 g/mol. The highest BCUT2D eigenvalue weighted by molar-refractivity contribution is 5.86. The molecule has 0 bridgehead atoms. The summed E-state index contributed by atoms with van der Waals surface area (Å²) in [5.74, 6) is 6.65. The Labute approximate surface area is 126 Å². The number of hydrogen-bond donors (Lipinski definition) is 0. The fraction of sp³-hybridized carbons (Fsp3) is 0.500. The molecule has 3 nitrogen and oxygen atoms in total. The first kappa shape index (κ1) is 14.2. The van der Waals surface area contributed by atoms with Gasteiger partial charge in [-0.3, -0.25) is 9.69 Å². The molecule has 21 heavy (non-hydrogen) atoms. The van der Waals surface area contributed by atoms with E-state index in [0.717, 1.165) is 25.1 Å². The molecule has 1 aromatic carbocycles. The number of amides is 1. The van der Waals surface area contributed by atoms with Crippen molar-refractivity contribution in [2.45, 2.75) is 25.2 Å². The van der Waals surface area contributed by atoms with Crippen molar-refractivity contribution in [2.75, 3.05) is 32.7 Å². The van der Waals surface area contributed by atoms with E-state index in [1.165, 1.54) is 25.9 Å². The van der Waals surface area contributed by atoms with Crippen LogP contribution in [0, 0.1) is 11.8 Å². The van der Waals surface area contributed by atoms with Crippen LogP contribution in [0.2, 0.25) is 0 Å². The number of hydrogen-bond acceptors (Lipinski definition) is 2. The highest BCUT2D eigenvalue weighted by Gasteiger charge is 2.31. The Hall–Kier alpha value is -1.79. The van der Waals surface area contributed by atoms with Gasteiger partial charge in [0, 0.05) is 6.54 Å². The van der Waals surface area contributed by atoms with Crippen molar-refractivity contribution in [1.82, 2.24) is 9.80 Å². The molecule has 110 valence electrons. The molecule has 0 aromatic heterocycles. The average molecular weight is 282 g/mol. The lowest BCUT2D eigenvalue weighted by Gasteiger charge is -2.13. The second-order valence-electron chi connectivity index (χ2n) is 5.85. The van der Waals surface area contributed by atoms with Gasteiger partial charge in [-0.25, -0.2) is 0 Å². The standard InChI is InChI=1S/C18H22N2O/c21-18-17(16-8-2-1-3-9-16)10-15-20(18)14-7-6-13-19-11-4-5-12-19/h1-3,8-9,17H,4-5,10-15H2. The molecule has 2 aliphatic rings. The van der Waals surface area contributed by atoms with Crippen LogP contribution in [0.5, 0.6) is 0 Å². The van der Waals surface area contributed by atoms with Crippen LogP contribution in [0.3, 0.4) is 0 Å². The molecule has 0 N–H and O–H groups in total. The maximum atomic E-state index is 12.4. The Kier molecular flexibility index (Phi) is 4.57. The predicted octanol–water partition coefficient (Wildman–Crippen LogP) is 2.10. The van der Waals surface area contributed by atoms with Crippen LogP contribution < -0.4 is 0 Å². The molecule has 0 aliphatic carbocycles. The summed E-state index contributed by atoms with van der Waals surface area (Å²) in [6.07, 6.45) is 3.51. The van der Waals surface area contributed by atoms with Crippen LogP contribution in [-0.2, 0) is 4.79 Å². The Morgan fingerprint density at radius 3 is 2.48 bits per heavy atom. The van der Waals surface area contributed by atoms with Crippen molar-refractivity contribution >= 4 is 5.91 Å². The molecule has 2 heterocycles. The summed E-state index contributed by atoms with van der Waals surface area (Å²) in [4.78, 5) is 16.7. The normalized spacial score (nSPS) is 22.4. The van der Waals surface area contributed by atoms with Crippen LogP contribution in [0.4, 0.5) is 0 Å². The van der Waals surface area contributed by atoms with Gasteiger partial charge in [0.15, 0.2) is 0 Å². The van der Waals surface area contributed by atoms with E-state index in [-0.39, 0.29) is 11.8 Å². The van der Waals surface area contributed by atoms with Crippen molar-refractivity contribution in [3.8, 4) is 11.8 Å². The molecule has 3 heteroatoms. The molecule has 0 radical (unpaired) electrons. The van der Waals surface area contributed by atoms with Crippen molar-refractivity contribution < 1.29 is 4.79 Å². The van der Waals surface area contributed by atoms with Crippen molar-refractivity contribution in [3.05, 3.63) is 35.9 Å². The molecule has 0 spiro atoms. The van der Waals surface area contributed by atoms with E-state index >= 15 is 0 Å². The fourth-order valence-electron chi connectivity index (χ4n) is 3.15. The molecule has 2 fully saturated rings. The van der Waals surface area contributed by atoms with Gasteiger partial charge in [0.2, 0.25) is 5.91 Å². The van der Waals surface area contributed by atoms with Gasteiger partial charge in [-0.15, -0.1) is 0 Å². The summed E-state index contributed by atoms with van der Waals surface area (Å²) in [6, 6.07) is 10.1. The minimum atomic E-state index is 0.0339. The van der Waals surface area contributed by atoms with Gasteiger partial charge < -0.3 is 4.90 Å². The van der Waals surface area contributed by atoms with Crippen LogP contribution in [0.25, 0.3) is 0 Å². The SMILES string of the molecule is O=C1C(c2ccccc2)CCN1CC#CCN1CCCC1. The maximum absolute atomic E-state index is 12.4. The first-order valence-electron chi connectivity index (χ1n) is 7.86. The third kappa shape index (κ3) is 3.46. The second-order valence-corrected chi connectivity index (χ2v) is 5.85. The zero-order valence-electron chi connectivity index (χ0n) is 12.4. The Morgan fingerprint density at radius 2 is 1.71 bits per heavy atom. The number of likely N-dealkylation sites (tertiary alicyclic amines) is 2. The van der Waals surface area contributed by atoms with Crippen molar-refractivity contribution in [1.29, 1.82) is 0 Å². The van der Waals surface area contributed by atoms with Gasteiger partial charge in [0.25, 0.3) is 0 Å². The van der Waals surface area contributed by atoms with E-state index in [0.29, 0.717) is 6.54 Å². The average Bonchev–Trinajstić information content (AvgIpc) is 3.15. The van der Waals surface area contributed by atoms with Crippen LogP contribution in [0.1, 0.15) is 30.7 Å². The first-order valence-corrected chi connectivity index (χ1v) is 7.86. The molecule has 1 unspecified atom stereocenters. The molecule has 3 rings (SSSR count). The van der Waals surface area contributed by atoms with Gasteiger partial charge in [0.1, 0.15) is 0 Å². The number of rotatable bonds is 3. The lowest BCUT2D eigenvalue weighted by atomic mass is 9.98.